The Morgan fingerprint density at radius 2 is 2.18 bits per heavy atom. The summed E-state index contributed by atoms with van der Waals surface area (Å²) in [5.41, 5.74) is 0.932. The smallest absolute Gasteiger partial charge is 0.227 e. The van der Waals surface area contributed by atoms with Crippen LogP contribution in [0.15, 0.2) is 24.5 Å². The third-order valence-electron chi connectivity index (χ3n) is 3.21. The van der Waals surface area contributed by atoms with Crippen molar-refractivity contribution in [1.29, 1.82) is 0 Å². The zero-order valence-electron chi connectivity index (χ0n) is 10.4. The van der Waals surface area contributed by atoms with Crippen molar-refractivity contribution < 1.29 is 4.79 Å². The van der Waals surface area contributed by atoms with E-state index in [4.69, 9.17) is 0 Å². The highest BCUT2D eigenvalue weighted by Gasteiger charge is 2.32. The average molecular weight is 233 g/mol. The first-order chi connectivity index (χ1) is 8.09. The van der Waals surface area contributed by atoms with Gasteiger partial charge in [-0.2, -0.15) is 0 Å². The molecule has 92 valence electrons. The molecule has 0 aliphatic carbocycles. The van der Waals surface area contributed by atoms with Gasteiger partial charge in [-0.3, -0.25) is 9.78 Å². The molecule has 0 saturated carbocycles. The van der Waals surface area contributed by atoms with E-state index in [9.17, 15) is 4.79 Å². The molecule has 1 N–H and O–H groups in total. The van der Waals surface area contributed by atoms with Crippen molar-refractivity contribution in [3.63, 3.8) is 0 Å². The number of carbonyl (C=O) groups excluding carboxylic acids is 1. The number of amides is 1. The summed E-state index contributed by atoms with van der Waals surface area (Å²) in [6, 6.07) is 3.79. The van der Waals surface area contributed by atoms with Crippen molar-refractivity contribution in [3.8, 4) is 0 Å². The second-order valence-electron chi connectivity index (χ2n) is 5.07. The number of hydrogen-bond donors (Lipinski definition) is 1. The van der Waals surface area contributed by atoms with E-state index in [1.54, 1.807) is 12.4 Å². The Kier molecular flexibility index (Phi) is 3.43. The molecule has 2 heterocycles. The lowest BCUT2D eigenvalue weighted by Gasteiger charge is -2.43. The van der Waals surface area contributed by atoms with Crippen LogP contribution in [0.2, 0.25) is 0 Å². The van der Waals surface area contributed by atoms with Crippen LogP contribution in [0.4, 0.5) is 0 Å². The second-order valence-corrected chi connectivity index (χ2v) is 5.07. The predicted octanol–water partition coefficient (Wildman–Crippen LogP) is 0.834. The summed E-state index contributed by atoms with van der Waals surface area (Å²) in [6.07, 6.45) is 3.92. The van der Waals surface area contributed by atoms with Gasteiger partial charge in [0.25, 0.3) is 0 Å². The van der Waals surface area contributed by atoms with Crippen LogP contribution in [0, 0.1) is 0 Å². The number of hydrogen-bond acceptors (Lipinski definition) is 3. The lowest BCUT2D eigenvalue weighted by atomic mass is 9.99. The van der Waals surface area contributed by atoms with Gasteiger partial charge >= 0.3 is 0 Å². The van der Waals surface area contributed by atoms with Crippen LogP contribution in [-0.4, -0.2) is 41.0 Å². The zero-order valence-corrected chi connectivity index (χ0v) is 10.4. The lowest BCUT2D eigenvalue weighted by molar-refractivity contribution is -0.136. The van der Waals surface area contributed by atoms with E-state index in [0.29, 0.717) is 6.42 Å². The van der Waals surface area contributed by atoms with Crippen LogP contribution < -0.4 is 5.32 Å². The van der Waals surface area contributed by atoms with Crippen molar-refractivity contribution >= 4 is 5.91 Å². The molecule has 0 atom stereocenters. The molecule has 1 saturated heterocycles. The fourth-order valence-electron chi connectivity index (χ4n) is 2.22. The van der Waals surface area contributed by atoms with Gasteiger partial charge in [-0.1, -0.05) is 0 Å². The fourth-order valence-corrected chi connectivity index (χ4v) is 2.22. The van der Waals surface area contributed by atoms with Gasteiger partial charge in [-0.25, -0.2) is 0 Å². The maximum absolute atomic E-state index is 12.3. The molecule has 1 amide bonds. The SMILES string of the molecule is CC1(C)CNCCN1C(=O)Cc1ccncc1. The highest BCUT2D eigenvalue weighted by molar-refractivity contribution is 5.79. The Labute approximate surface area is 102 Å². The van der Waals surface area contributed by atoms with Crippen molar-refractivity contribution in [2.75, 3.05) is 19.6 Å². The molecule has 2 rings (SSSR count). The molecule has 4 heteroatoms. The molecule has 4 nitrogen and oxygen atoms in total. The second kappa shape index (κ2) is 4.84. The summed E-state index contributed by atoms with van der Waals surface area (Å²) in [6.45, 7) is 6.73. The summed E-state index contributed by atoms with van der Waals surface area (Å²) >= 11 is 0. The number of pyridine rings is 1. The Morgan fingerprint density at radius 1 is 1.47 bits per heavy atom. The lowest BCUT2D eigenvalue weighted by Crippen LogP contribution is -2.60. The van der Waals surface area contributed by atoms with Crippen LogP contribution in [-0.2, 0) is 11.2 Å². The van der Waals surface area contributed by atoms with Gasteiger partial charge in [0.1, 0.15) is 0 Å². The zero-order chi connectivity index (χ0) is 12.3. The summed E-state index contributed by atoms with van der Waals surface area (Å²) in [5.74, 6) is 0.197. The van der Waals surface area contributed by atoms with E-state index < -0.39 is 0 Å². The molecule has 0 radical (unpaired) electrons. The molecule has 0 spiro atoms. The number of rotatable bonds is 2. The standard InChI is InChI=1S/C13H19N3O/c1-13(2)10-15-7-8-16(13)12(17)9-11-3-5-14-6-4-11/h3-6,15H,7-10H2,1-2H3. The molecule has 1 fully saturated rings. The van der Waals surface area contributed by atoms with E-state index >= 15 is 0 Å². The summed E-state index contributed by atoms with van der Waals surface area (Å²) in [4.78, 5) is 18.2. The Hall–Kier alpha value is -1.42. The van der Waals surface area contributed by atoms with E-state index in [2.05, 4.69) is 24.1 Å². The monoisotopic (exact) mass is 233 g/mol. The highest BCUT2D eigenvalue weighted by atomic mass is 16.2. The first kappa shape index (κ1) is 12.0. The molecule has 1 aromatic rings. The summed E-state index contributed by atoms with van der Waals surface area (Å²) in [5, 5.41) is 3.32. The van der Waals surface area contributed by atoms with Crippen LogP contribution in [0.5, 0.6) is 0 Å². The quantitative estimate of drug-likeness (QED) is 0.823. The minimum atomic E-state index is -0.0949. The number of nitrogens with zero attached hydrogens (tertiary/aromatic N) is 2. The molecule has 0 bridgehead atoms. The number of aromatic nitrogens is 1. The van der Waals surface area contributed by atoms with Crippen LogP contribution in [0.3, 0.4) is 0 Å². The molecular weight excluding hydrogens is 214 g/mol. The van der Waals surface area contributed by atoms with Crippen LogP contribution in [0.25, 0.3) is 0 Å². The molecule has 1 aromatic heterocycles. The van der Waals surface area contributed by atoms with Gasteiger partial charge in [0.15, 0.2) is 0 Å². The van der Waals surface area contributed by atoms with E-state index in [1.807, 2.05) is 17.0 Å². The third kappa shape index (κ3) is 2.82. The molecule has 0 unspecified atom stereocenters. The van der Waals surface area contributed by atoms with Gasteiger partial charge in [0.2, 0.25) is 5.91 Å². The third-order valence-corrected chi connectivity index (χ3v) is 3.21. The number of nitrogens with one attached hydrogen (secondary N) is 1. The minimum Gasteiger partial charge on any atom is -0.335 e. The minimum absolute atomic E-state index is 0.0949. The van der Waals surface area contributed by atoms with Gasteiger partial charge < -0.3 is 10.2 Å². The van der Waals surface area contributed by atoms with E-state index in [1.165, 1.54) is 0 Å². The molecule has 1 aliphatic rings. The maximum atomic E-state index is 12.3. The summed E-state index contributed by atoms with van der Waals surface area (Å²) < 4.78 is 0. The molecule has 0 aromatic carbocycles. The average Bonchev–Trinajstić information content (AvgIpc) is 2.29. The van der Waals surface area contributed by atoms with Gasteiger partial charge in [0.05, 0.1) is 6.42 Å². The number of piperazine rings is 1. The molecule has 17 heavy (non-hydrogen) atoms. The fraction of sp³-hybridized carbons (Fsp3) is 0.538. The topological polar surface area (TPSA) is 45.2 Å². The Bertz CT molecular complexity index is 389. The van der Waals surface area contributed by atoms with Crippen LogP contribution in [0.1, 0.15) is 19.4 Å². The Morgan fingerprint density at radius 3 is 2.82 bits per heavy atom. The van der Waals surface area contributed by atoms with Crippen molar-refractivity contribution in [2.24, 2.45) is 0 Å². The van der Waals surface area contributed by atoms with E-state index in [-0.39, 0.29) is 11.4 Å². The maximum Gasteiger partial charge on any atom is 0.227 e. The van der Waals surface area contributed by atoms with E-state index in [0.717, 1.165) is 25.2 Å². The first-order valence-electron chi connectivity index (χ1n) is 6.00. The van der Waals surface area contributed by atoms with Crippen molar-refractivity contribution in [3.05, 3.63) is 30.1 Å². The summed E-state index contributed by atoms with van der Waals surface area (Å²) in [7, 11) is 0. The Balaban J connectivity index is 2.04. The highest BCUT2D eigenvalue weighted by Crippen LogP contribution is 2.17. The normalized spacial score (nSPS) is 19.1. The molecule has 1 aliphatic heterocycles. The first-order valence-corrected chi connectivity index (χ1v) is 6.00. The molecular formula is C13H19N3O. The van der Waals surface area contributed by atoms with Crippen LogP contribution >= 0.6 is 0 Å². The van der Waals surface area contributed by atoms with Crippen molar-refractivity contribution in [2.45, 2.75) is 25.8 Å². The van der Waals surface area contributed by atoms with Gasteiger partial charge in [-0.15, -0.1) is 0 Å². The van der Waals surface area contributed by atoms with Gasteiger partial charge in [0, 0.05) is 37.6 Å². The number of carbonyl (C=O) groups is 1. The van der Waals surface area contributed by atoms with Gasteiger partial charge in [-0.05, 0) is 31.5 Å². The van der Waals surface area contributed by atoms with Crippen molar-refractivity contribution in [1.82, 2.24) is 15.2 Å². The predicted molar refractivity (Wildman–Crippen MR) is 66.6 cm³/mol. The largest absolute Gasteiger partial charge is 0.335 e.